The molecule has 1 aromatic rings. The predicted molar refractivity (Wildman–Crippen MR) is 57.7 cm³/mol. The molecule has 0 saturated heterocycles. The third-order valence-electron chi connectivity index (χ3n) is 1.41. The maximum absolute atomic E-state index is 13.4. The van der Waals surface area contributed by atoms with Crippen molar-refractivity contribution in [3.63, 3.8) is 0 Å². The predicted octanol–water partition coefficient (Wildman–Crippen LogP) is 4.03. The summed E-state index contributed by atoms with van der Waals surface area (Å²) < 4.78 is 14.3. The summed E-state index contributed by atoms with van der Waals surface area (Å²) in [6, 6.07) is 3.58. The highest BCUT2D eigenvalue weighted by atomic mass is 79.9. The van der Waals surface area contributed by atoms with Gasteiger partial charge in [-0.05, 0) is 24.6 Å². The van der Waals surface area contributed by atoms with Gasteiger partial charge < -0.3 is 0 Å². The minimum absolute atomic E-state index is 0.113. The molecule has 0 unspecified atom stereocenters. The first-order valence-electron chi connectivity index (χ1n) is 3.26. The summed E-state index contributed by atoms with van der Waals surface area (Å²) in [6.07, 6.45) is 3.74. The standard InChI is InChI=1S/C8H8BrFS2/c1-11-6-3-5(9)4-7(12-2)8(6)10/h3-4H,1-2H3. The molecule has 0 bridgehead atoms. The smallest absolute Gasteiger partial charge is 0.150 e. The number of rotatable bonds is 2. The first-order valence-corrected chi connectivity index (χ1v) is 6.50. The van der Waals surface area contributed by atoms with Gasteiger partial charge in [0.2, 0.25) is 0 Å². The van der Waals surface area contributed by atoms with E-state index in [1.807, 2.05) is 12.5 Å². The van der Waals surface area contributed by atoms with E-state index in [1.54, 1.807) is 12.1 Å². The summed E-state index contributed by atoms with van der Waals surface area (Å²) in [7, 11) is 0. The molecule has 0 saturated carbocycles. The lowest BCUT2D eigenvalue weighted by Gasteiger charge is -2.04. The highest BCUT2D eigenvalue weighted by Crippen LogP contribution is 2.31. The van der Waals surface area contributed by atoms with Crippen molar-refractivity contribution >= 4 is 39.5 Å². The quantitative estimate of drug-likeness (QED) is 0.742. The zero-order chi connectivity index (χ0) is 9.14. The second kappa shape index (κ2) is 4.53. The Balaban J connectivity index is 3.22. The first kappa shape index (κ1) is 10.4. The van der Waals surface area contributed by atoms with Gasteiger partial charge in [0.05, 0.1) is 0 Å². The molecule has 4 heteroatoms. The topological polar surface area (TPSA) is 0 Å². The van der Waals surface area contributed by atoms with E-state index in [-0.39, 0.29) is 5.82 Å². The van der Waals surface area contributed by atoms with E-state index in [0.717, 1.165) is 4.47 Å². The maximum Gasteiger partial charge on any atom is 0.150 e. The summed E-state index contributed by atoms with van der Waals surface area (Å²) in [4.78, 5) is 1.38. The summed E-state index contributed by atoms with van der Waals surface area (Å²) >= 11 is 6.18. The van der Waals surface area contributed by atoms with Crippen LogP contribution in [0.4, 0.5) is 4.39 Å². The van der Waals surface area contributed by atoms with Crippen molar-refractivity contribution in [3.05, 3.63) is 22.4 Å². The van der Waals surface area contributed by atoms with Crippen molar-refractivity contribution in [2.24, 2.45) is 0 Å². The second-order valence-corrected chi connectivity index (χ2v) is 4.74. The lowest BCUT2D eigenvalue weighted by Crippen LogP contribution is -1.84. The fourth-order valence-corrected chi connectivity index (χ4v) is 2.73. The van der Waals surface area contributed by atoms with Gasteiger partial charge in [0, 0.05) is 14.3 Å². The Bertz CT molecular complexity index is 263. The molecule has 0 heterocycles. The van der Waals surface area contributed by atoms with Crippen LogP contribution in [-0.4, -0.2) is 12.5 Å². The van der Waals surface area contributed by atoms with Crippen LogP contribution in [0.15, 0.2) is 26.4 Å². The summed E-state index contributed by atoms with van der Waals surface area (Å²) in [5.74, 6) is -0.113. The number of halogens is 2. The Hall–Kier alpha value is 0.330. The van der Waals surface area contributed by atoms with E-state index in [9.17, 15) is 4.39 Å². The van der Waals surface area contributed by atoms with Crippen molar-refractivity contribution in [2.45, 2.75) is 9.79 Å². The lowest BCUT2D eigenvalue weighted by molar-refractivity contribution is 0.575. The molecule has 1 aromatic carbocycles. The summed E-state index contributed by atoms with van der Waals surface area (Å²) in [6.45, 7) is 0. The van der Waals surface area contributed by atoms with Crippen molar-refractivity contribution in [1.29, 1.82) is 0 Å². The van der Waals surface area contributed by atoms with Crippen LogP contribution in [-0.2, 0) is 0 Å². The van der Waals surface area contributed by atoms with Crippen molar-refractivity contribution in [2.75, 3.05) is 12.5 Å². The van der Waals surface area contributed by atoms with Gasteiger partial charge in [-0.15, -0.1) is 23.5 Å². The van der Waals surface area contributed by atoms with Gasteiger partial charge in [-0.1, -0.05) is 15.9 Å². The monoisotopic (exact) mass is 266 g/mol. The van der Waals surface area contributed by atoms with Gasteiger partial charge >= 0.3 is 0 Å². The lowest BCUT2D eigenvalue weighted by atomic mass is 10.3. The van der Waals surface area contributed by atoms with Crippen LogP contribution in [0.3, 0.4) is 0 Å². The Morgan fingerprint density at radius 1 is 1.17 bits per heavy atom. The fraction of sp³-hybridized carbons (Fsp3) is 0.250. The Labute approximate surface area is 88.4 Å². The van der Waals surface area contributed by atoms with E-state index in [4.69, 9.17) is 0 Å². The molecular formula is C8H8BrFS2. The third kappa shape index (κ3) is 2.18. The van der Waals surface area contributed by atoms with E-state index >= 15 is 0 Å². The van der Waals surface area contributed by atoms with Gasteiger partial charge in [-0.25, -0.2) is 4.39 Å². The zero-order valence-electron chi connectivity index (χ0n) is 6.73. The Kier molecular flexibility index (Phi) is 3.93. The van der Waals surface area contributed by atoms with Gasteiger partial charge in [-0.2, -0.15) is 0 Å². The first-order chi connectivity index (χ1) is 5.69. The van der Waals surface area contributed by atoms with Gasteiger partial charge in [0.15, 0.2) is 0 Å². The zero-order valence-corrected chi connectivity index (χ0v) is 9.95. The van der Waals surface area contributed by atoms with Crippen LogP contribution in [0.5, 0.6) is 0 Å². The molecule has 12 heavy (non-hydrogen) atoms. The van der Waals surface area contributed by atoms with Crippen LogP contribution >= 0.6 is 39.5 Å². The average Bonchev–Trinajstić information content (AvgIpc) is 2.08. The number of benzene rings is 1. The largest absolute Gasteiger partial charge is 0.205 e. The van der Waals surface area contributed by atoms with Crippen LogP contribution in [0.25, 0.3) is 0 Å². The van der Waals surface area contributed by atoms with Crippen molar-refractivity contribution in [1.82, 2.24) is 0 Å². The van der Waals surface area contributed by atoms with Gasteiger partial charge in [0.25, 0.3) is 0 Å². The molecule has 0 radical (unpaired) electrons. The molecule has 0 atom stereocenters. The van der Waals surface area contributed by atoms with E-state index < -0.39 is 0 Å². The summed E-state index contributed by atoms with van der Waals surface area (Å²) in [5.41, 5.74) is 0. The SMILES string of the molecule is CSc1cc(Br)cc(SC)c1F. The molecule has 66 valence electrons. The highest BCUT2D eigenvalue weighted by molar-refractivity contribution is 9.10. The van der Waals surface area contributed by atoms with Crippen LogP contribution in [0.1, 0.15) is 0 Å². The van der Waals surface area contributed by atoms with Crippen LogP contribution in [0, 0.1) is 5.82 Å². The molecule has 0 N–H and O–H groups in total. The Morgan fingerprint density at radius 3 is 1.92 bits per heavy atom. The Morgan fingerprint density at radius 2 is 1.58 bits per heavy atom. The highest BCUT2D eigenvalue weighted by Gasteiger charge is 2.07. The molecule has 0 aliphatic rings. The normalized spacial score (nSPS) is 10.3. The van der Waals surface area contributed by atoms with Crippen molar-refractivity contribution in [3.8, 4) is 0 Å². The number of thioether (sulfide) groups is 2. The molecule has 1 rings (SSSR count). The molecule has 0 aromatic heterocycles. The van der Waals surface area contributed by atoms with Crippen molar-refractivity contribution < 1.29 is 4.39 Å². The van der Waals surface area contributed by atoms with E-state index in [2.05, 4.69) is 15.9 Å². The van der Waals surface area contributed by atoms with E-state index in [1.165, 1.54) is 23.5 Å². The third-order valence-corrected chi connectivity index (χ3v) is 3.34. The molecule has 0 fully saturated rings. The molecule has 0 aliphatic heterocycles. The van der Waals surface area contributed by atoms with Crippen LogP contribution in [0.2, 0.25) is 0 Å². The van der Waals surface area contributed by atoms with Gasteiger partial charge in [-0.3, -0.25) is 0 Å². The molecule has 0 amide bonds. The number of hydrogen-bond acceptors (Lipinski definition) is 2. The van der Waals surface area contributed by atoms with Gasteiger partial charge in [0.1, 0.15) is 5.82 Å². The molecular weight excluding hydrogens is 259 g/mol. The second-order valence-electron chi connectivity index (χ2n) is 2.12. The molecule has 0 aliphatic carbocycles. The number of hydrogen-bond donors (Lipinski definition) is 0. The average molecular weight is 267 g/mol. The maximum atomic E-state index is 13.4. The summed E-state index contributed by atoms with van der Waals surface area (Å²) in [5, 5.41) is 0. The van der Waals surface area contributed by atoms with E-state index in [0.29, 0.717) is 9.79 Å². The van der Waals surface area contributed by atoms with Crippen LogP contribution < -0.4 is 0 Å². The minimum atomic E-state index is -0.113. The molecule has 0 nitrogen and oxygen atoms in total. The fourth-order valence-electron chi connectivity index (χ4n) is 0.837. The molecule has 0 spiro atoms. The minimum Gasteiger partial charge on any atom is -0.205 e.